The molecule has 0 aliphatic heterocycles. The summed E-state index contributed by atoms with van der Waals surface area (Å²) < 4.78 is 16.7. The molecule has 0 saturated heterocycles. The highest BCUT2D eigenvalue weighted by atomic mass is 31.1. The minimum Gasteiger partial charge on any atom is -0.146 e. The van der Waals surface area contributed by atoms with Crippen LogP contribution in [0.15, 0.2) is 42.5 Å². The highest BCUT2D eigenvalue weighted by molar-refractivity contribution is 7.38. The third kappa shape index (κ3) is 2.46. The van der Waals surface area contributed by atoms with Crippen molar-refractivity contribution in [2.24, 2.45) is 0 Å². The molecule has 2 rings (SSSR count). The average Bonchev–Trinajstić information content (AvgIpc) is 2.30. The van der Waals surface area contributed by atoms with Crippen LogP contribution < -0.4 is 0 Å². The van der Waals surface area contributed by atoms with Crippen molar-refractivity contribution in [1.82, 2.24) is 0 Å². The second kappa shape index (κ2) is 5.20. The Balaban J connectivity index is 2.33. The van der Waals surface area contributed by atoms with Crippen LogP contribution in [0, 0.1) is 0 Å². The Bertz CT molecular complexity index is 503. The first-order valence-corrected chi connectivity index (χ1v) is 6.71. The van der Waals surface area contributed by atoms with Crippen LogP contribution in [-0.2, 0) is 15.3 Å². The minimum atomic E-state index is -1.58. The van der Waals surface area contributed by atoms with Crippen LogP contribution in [-0.4, -0.2) is 6.61 Å². The number of hydrogen-bond donors (Lipinski definition) is 0. The van der Waals surface area contributed by atoms with Crippen molar-refractivity contribution >= 4 is 18.8 Å². The maximum absolute atomic E-state index is 11.6. The van der Waals surface area contributed by atoms with Gasteiger partial charge in [0.05, 0.1) is 6.61 Å². The van der Waals surface area contributed by atoms with Crippen molar-refractivity contribution in [3.8, 4) is 0 Å². The van der Waals surface area contributed by atoms with Gasteiger partial charge in [0, 0.05) is 5.56 Å². The van der Waals surface area contributed by atoms with E-state index in [0.29, 0.717) is 12.8 Å². The van der Waals surface area contributed by atoms with Crippen molar-refractivity contribution in [2.45, 2.75) is 13.1 Å². The molecule has 82 valence electrons. The van der Waals surface area contributed by atoms with Crippen LogP contribution in [0.3, 0.4) is 0 Å². The summed E-state index contributed by atoms with van der Waals surface area (Å²) in [5.41, 5.74) is 1.09. The second-order valence-electron chi connectivity index (χ2n) is 3.55. The molecule has 0 heterocycles. The van der Waals surface area contributed by atoms with Crippen LogP contribution in [0.4, 0.5) is 0 Å². The second-order valence-corrected chi connectivity index (χ2v) is 4.79. The summed E-state index contributed by atoms with van der Waals surface area (Å²) in [5, 5.41) is 2.34. The van der Waals surface area contributed by atoms with Gasteiger partial charge in [-0.2, -0.15) is 0 Å². The van der Waals surface area contributed by atoms with Gasteiger partial charge in [0.2, 0.25) is 6.16 Å². The number of benzene rings is 2. The van der Waals surface area contributed by atoms with Gasteiger partial charge in [-0.3, -0.25) is 0 Å². The van der Waals surface area contributed by atoms with E-state index in [1.165, 1.54) is 5.39 Å². The normalized spacial score (nSPS) is 11.7. The summed E-state index contributed by atoms with van der Waals surface area (Å²) in [7, 11) is -1.58. The molecule has 0 radical (unpaired) electrons. The Morgan fingerprint density at radius 1 is 1.12 bits per heavy atom. The molecule has 2 aromatic carbocycles. The van der Waals surface area contributed by atoms with E-state index >= 15 is 0 Å². The largest absolute Gasteiger partial charge is 0.512 e. The van der Waals surface area contributed by atoms with E-state index in [9.17, 15) is 4.57 Å². The summed E-state index contributed by atoms with van der Waals surface area (Å²) in [6.45, 7) is 2.36. The average molecular weight is 233 g/mol. The van der Waals surface area contributed by atoms with E-state index in [4.69, 9.17) is 4.52 Å². The number of rotatable bonds is 4. The Morgan fingerprint density at radius 2 is 1.88 bits per heavy atom. The van der Waals surface area contributed by atoms with Crippen molar-refractivity contribution in [1.29, 1.82) is 0 Å². The maximum Gasteiger partial charge on any atom is 0.512 e. The zero-order valence-electron chi connectivity index (χ0n) is 9.22. The molecular weight excluding hydrogens is 219 g/mol. The van der Waals surface area contributed by atoms with Gasteiger partial charge in [0.1, 0.15) is 0 Å². The topological polar surface area (TPSA) is 26.3 Å². The molecule has 3 heteroatoms. The summed E-state index contributed by atoms with van der Waals surface area (Å²) in [6, 6.07) is 14.2. The molecule has 1 atom stereocenters. The fraction of sp³-hybridized carbons (Fsp3) is 0.231. The third-order valence-corrected chi connectivity index (χ3v) is 3.60. The lowest BCUT2D eigenvalue weighted by molar-refractivity contribution is 0.350. The molecule has 2 nitrogen and oxygen atoms in total. The van der Waals surface area contributed by atoms with E-state index < -0.39 is 8.03 Å². The van der Waals surface area contributed by atoms with Gasteiger partial charge in [-0.05, 0) is 22.3 Å². The van der Waals surface area contributed by atoms with Crippen LogP contribution in [0.5, 0.6) is 0 Å². The quantitative estimate of drug-likeness (QED) is 0.742. The molecule has 0 spiro atoms. The molecule has 0 aliphatic carbocycles. The van der Waals surface area contributed by atoms with Crippen molar-refractivity contribution in [3.63, 3.8) is 0 Å². The van der Waals surface area contributed by atoms with Gasteiger partial charge < -0.3 is 0 Å². The summed E-state index contributed by atoms with van der Waals surface area (Å²) in [4.78, 5) is 0. The highest BCUT2D eigenvalue weighted by Crippen LogP contribution is 2.31. The van der Waals surface area contributed by atoms with Gasteiger partial charge in [-0.1, -0.05) is 42.5 Å². The van der Waals surface area contributed by atoms with E-state index in [2.05, 4.69) is 18.2 Å². The fourth-order valence-corrected chi connectivity index (χ4v) is 2.69. The van der Waals surface area contributed by atoms with Gasteiger partial charge >= 0.3 is 8.03 Å². The molecule has 1 unspecified atom stereocenters. The lowest BCUT2D eigenvalue weighted by Crippen LogP contribution is -1.86. The molecule has 0 N–H and O–H groups in total. The molecule has 16 heavy (non-hydrogen) atoms. The van der Waals surface area contributed by atoms with Gasteiger partial charge in [-0.25, -0.2) is 0 Å². The molecule has 0 bridgehead atoms. The summed E-state index contributed by atoms with van der Waals surface area (Å²) in [6.07, 6.45) is 0.491. The molecule has 2 aromatic rings. The lowest BCUT2D eigenvalue weighted by atomic mass is 10.1. The third-order valence-electron chi connectivity index (χ3n) is 2.45. The first-order valence-electron chi connectivity index (χ1n) is 5.35. The lowest BCUT2D eigenvalue weighted by Gasteiger charge is -2.00. The SMILES string of the molecule is CCO[P+](=O)Cc1cccc2ccccc12. The van der Waals surface area contributed by atoms with E-state index in [0.717, 1.165) is 10.9 Å². The number of hydrogen-bond acceptors (Lipinski definition) is 2. The summed E-state index contributed by atoms with van der Waals surface area (Å²) >= 11 is 0. The Labute approximate surface area is 96.1 Å². The van der Waals surface area contributed by atoms with E-state index in [-0.39, 0.29) is 0 Å². The molecule has 0 amide bonds. The Morgan fingerprint density at radius 3 is 2.69 bits per heavy atom. The molecular formula is C13H14O2P+. The monoisotopic (exact) mass is 233 g/mol. The van der Waals surface area contributed by atoms with Crippen molar-refractivity contribution in [3.05, 3.63) is 48.0 Å². The predicted octanol–water partition coefficient (Wildman–Crippen LogP) is 4.12. The Kier molecular flexibility index (Phi) is 3.66. The van der Waals surface area contributed by atoms with Crippen LogP contribution in [0.2, 0.25) is 0 Å². The summed E-state index contributed by atoms with van der Waals surface area (Å²) in [5.74, 6) is 0. The zero-order valence-corrected chi connectivity index (χ0v) is 10.1. The van der Waals surface area contributed by atoms with Gasteiger partial charge in [0.25, 0.3) is 0 Å². The first-order chi connectivity index (χ1) is 7.81. The van der Waals surface area contributed by atoms with E-state index in [1.54, 1.807) is 0 Å². The maximum atomic E-state index is 11.6. The fourth-order valence-electron chi connectivity index (χ4n) is 1.76. The molecule has 0 aromatic heterocycles. The van der Waals surface area contributed by atoms with Crippen molar-refractivity contribution in [2.75, 3.05) is 6.61 Å². The standard InChI is InChI=1S/C13H14O2P/c1-2-15-16(14)10-12-8-5-7-11-6-3-4-9-13(11)12/h3-9H,2,10H2,1H3/q+1. The molecule has 0 aliphatic rings. The van der Waals surface area contributed by atoms with Crippen LogP contribution in [0.1, 0.15) is 12.5 Å². The first kappa shape index (κ1) is 11.3. The smallest absolute Gasteiger partial charge is 0.146 e. The van der Waals surface area contributed by atoms with E-state index in [1.807, 2.05) is 31.2 Å². The van der Waals surface area contributed by atoms with Crippen LogP contribution >= 0.6 is 8.03 Å². The van der Waals surface area contributed by atoms with Crippen molar-refractivity contribution < 1.29 is 9.09 Å². The Hall–Kier alpha value is -1.24. The highest BCUT2D eigenvalue weighted by Gasteiger charge is 2.18. The van der Waals surface area contributed by atoms with Crippen LogP contribution in [0.25, 0.3) is 10.8 Å². The minimum absolute atomic E-state index is 0.491. The van der Waals surface area contributed by atoms with Gasteiger partial charge in [0.15, 0.2) is 0 Å². The number of fused-ring (bicyclic) bond motifs is 1. The van der Waals surface area contributed by atoms with Gasteiger partial charge in [-0.15, -0.1) is 4.52 Å². The zero-order chi connectivity index (χ0) is 11.4. The molecule has 0 saturated carbocycles. The molecule has 0 fully saturated rings. The predicted molar refractivity (Wildman–Crippen MR) is 66.9 cm³/mol.